The first kappa shape index (κ1) is 27.5. The zero-order valence-corrected chi connectivity index (χ0v) is 24.8. The Morgan fingerprint density at radius 1 is 1.02 bits per heavy atom. The lowest BCUT2D eigenvalue weighted by atomic mass is 9.74. The zero-order chi connectivity index (χ0) is 29.0. The largest absolute Gasteiger partial charge is 0.493 e. The maximum atomic E-state index is 10.9. The van der Waals surface area contributed by atoms with Gasteiger partial charge in [-0.2, -0.15) is 5.10 Å². The number of aryl methyl sites for hydroxylation is 2. The second kappa shape index (κ2) is 11.0. The molecule has 2 unspecified atom stereocenters. The lowest BCUT2D eigenvalue weighted by molar-refractivity contribution is -0.0505. The number of ether oxygens (including phenoxy) is 2. The number of hydrogen-bond donors (Lipinski definition) is 2. The summed E-state index contributed by atoms with van der Waals surface area (Å²) in [6.07, 6.45) is 1.94. The normalized spacial score (nSPS) is 18.5. The summed E-state index contributed by atoms with van der Waals surface area (Å²) in [6, 6.07) is 18.3. The number of benzene rings is 3. The third-order valence-electron chi connectivity index (χ3n) is 9.36. The van der Waals surface area contributed by atoms with Crippen LogP contribution in [0.25, 0.3) is 32.8 Å². The van der Waals surface area contributed by atoms with Crippen LogP contribution in [0.2, 0.25) is 5.02 Å². The van der Waals surface area contributed by atoms with Crippen LogP contribution in [0, 0.1) is 18.8 Å². The predicted octanol–water partition coefficient (Wildman–Crippen LogP) is 6.71. The van der Waals surface area contributed by atoms with E-state index in [9.17, 15) is 10.2 Å². The molecule has 0 amide bonds. The van der Waals surface area contributed by atoms with Crippen LogP contribution in [0.1, 0.15) is 48.2 Å². The number of aliphatic hydroxyl groups excluding tert-OH is 1. The molecule has 1 fully saturated rings. The summed E-state index contributed by atoms with van der Waals surface area (Å²) in [5, 5.41) is 30.4. The van der Waals surface area contributed by atoms with Crippen LogP contribution in [0.5, 0.6) is 5.75 Å². The fourth-order valence-corrected chi connectivity index (χ4v) is 7.24. The van der Waals surface area contributed by atoms with Gasteiger partial charge < -0.3 is 24.3 Å². The predicted molar refractivity (Wildman–Crippen MR) is 165 cm³/mol. The van der Waals surface area contributed by atoms with Crippen molar-refractivity contribution in [3.05, 3.63) is 82.3 Å². The summed E-state index contributed by atoms with van der Waals surface area (Å²) in [6.45, 7) is 4.33. The molecule has 5 aromatic rings. The Kier molecular flexibility index (Phi) is 7.22. The quantitative estimate of drug-likeness (QED) is 0.171. The molecule has 3 heterocycles. The van der Waals surface area contributed by atoms with Crippen LogP contribution in [-0.2, 0) is 31.4 Å². The van der Waals surface area contributed by atoms with Crippen LogP contribution in [0.15, 0.2) is 54.6 Å². The Morgan fingerprint density at radius 2 is 1.83 bits per heavy atom. The van der Waals surface area contributed by atoms with E-state index in [1.807, 2.05) is 55.1 Å². The van der Waals surface area contributed by atoms with Gasteiger partial charge >= 0.3 is 0 Å². The maximum Gasteiger partial charge on any atom is 0.194 e. The first-order valence-corrected chi connectivity index (χ1v) is 15.2. The maximum absolute atomic E-state index is 10.9. The van der Waals surface area contributed by atoms with E-state index >= 15 is 0 Å². The summed E-state index contributed by atoms with van der Waals surface area (Å²) in [5.74, 6) is 1.68. The van der Waals surface area contributed by atoms with Gasteiger partial charge in [-0.1, -0.05) is 54.1 Å². The van der Waals surface area contributed by atoms with E-state index in [-0.39, 0.29) is 0 Å². The summed E-state index contributed by atoms with van der Waals surface area (Å²) >= 11 is 7.01. The molecule has 8 heteroatoms. The van der Waals surface area contributed by atoms with Crippen molar-refractivity contribution >= 4 is 33.3 Å². The molecular weight excluding hydrogens is 550 g/mol. The third-order valence-corrected chi connectivity index (χ3v) is 9.68. The third kappa shape index (κ3) is 4.60. The van der Waals surface area contributed by atoms with Gasteiger partial charge in [-0.15, -0.1) is 0 Å². The minimum Gasteiger partial charge on any atom is -0.493 e. The van der Waals surface area contributed by atoms with Crippen molar-refractivity contribution in [2.45, 2.75) is 52.0 Å². The Labute approximate surface area is 250 Å². The van der Waals surface area contributed by atoms with Crippen molar-refractivity contribution in [1.82, 2.24) is 14.3 Å². The molecule has 1 saturated carbocycles. The zero-order valence-electron chi connectivity index (χ0n) is 24.0. The lowest BCUT2D eigenvalue weighted by Crippen LogP contribution is -2.33. The number of aliphatic hydroxyl groups is 2. The molecule has 1 aliphatic carbocycles. The second-order valence-corrected chi connectivity index (χ2v) is 12.1. The standard InChI is InChI=1S/C34H36ClN3O4/c1-20-30-28(36-37(20)2)19-41-18-23-13-12-22(23)17-38-32-26(14-15-27(35)31(30)32)25(33(38)34(39)40)10-6-16-42-29-11-5-8-21-7-3-4-9-24(21)29/h3-5,7-9,11,14-15,22-23,34,39-40H,6,10,12-13,16-19H2,1-2H3. The van der Waals surface area contributed by atoms with Crippen LogP contribution < -0.4 is 4.74 Å². The van der Waals surface area contributed by atoms with E-state index in [4.69, 9.17) is 26.2 Å². The van der Waals surface area contributed by atoms with Crippen molar-refractivity contribution in [2.24, 2.45) is 18.9 Å². The number of hydrogen-bond acceptors (Lipinski definition) is 5. The Morgan fingerprint density at radius 3 is 2.64 bits per heavy atom. The van der Waals surface area contributed by atoms with Crippen LogP contribution >= 0.6 is 11.6 Å². The molecular formula is C34H36ClN3O4. The van der Waals surface area contributed by atoms with E-state index in [1.165, 1.54) is 0 Å². The molecule has 0 saturated heterocycles. The van der Waals surface area contributed by atoms with E-state index in [0.717, 1.165) is 74.8 Å². The smallest absolute Gasteiger partial charge is 0.194 e. The van der Waals surface area contributed by atoms with Gasteiger partial charge in [0.15, 0.2) is 6.29 Å². The molecule has 3 aromatic carbocycles. The number of nitrogens with zero attached hydrogens (tertiary/aromatic N) is 3. The molecule has 2 N–H and O–H groups in total. The van der Waals surface area contributed by atoms with Crippen LogP contribution in [0.3, 0.4) is 0 Å². The van der Waals surface area contributed by atoms with Crippen LogP contribution in [-0.4, -0.2) is 37.8 Å². The Hall–Kier alpha value is -3.36. The van der Waals surface area contributed by atoms with Crippen molar-refractivity contribution in [3.63, 3.8) is 0 Å². The topological polar surface area (TPSA) is 81.7 Å². The van der Waals surface area contributed by atoms with E-state index in [1.54, 1.807) is 0 Å². The molecule has 1 aliphatic heterocycles. The van der Waals surface area contributed by atoms with Gasteiger partial charge in [-0.05, 0) is 67.5 Å². The minimum absolute atomic E-state index is 0.394. The number of aromatic nitrogens is 3. The van der Waals surface area contributed by atoms with Gasteiger partial charge in [0.05, 0.1) is 41.7 Å². The minimum atomic E-state index is -1.62. The summed E-state index contributed by atoms with van der Waals surface area (Å²) in [5.41, 5.74) is 6.13. The Bertz CT molecular complexity index is 1780. The molecule has 2 aliphatic rings. The van der Waals surface area contributed by atoms with Crippen molar-refractivity contribution in [1.29, 1.82) is 0 Å². The molecule has 0 spiro atoms. The molecule has 218 valence electrons. The fraction of sp³-hybridized carbons (Fsp3) is 0.382. The highest BCUT2D eigenvalue weighted by molar-refractivity contribution is 6.35. The van der Waals surface area contributed by atoms with Gasteiger partial charge in [0, 0.05) is 41.2 Å². The summed E-state index contributed by atoms with van der Waals surface area (Å²) in [7, 11) is 1.94. The van der Waals surface area contributed by atoms with Gasteiger partial charge in [0.25, 0.3) is 0 Å². The van der Waals surface area contributed by atoms with Crippen molar-refractivity contribution < 1.29 is 19.7 Å². The molecule has 42 heavy (non-hydrogen) atoms. The average molecular weight is 586 g/mol. The van der Waals surface area contributed by atoms with Crippen molar-refractivity contribution in [3.8, 4) is 16.9 Å². The summed E-state index contributed by atoms with van der Waals surface area (Å²) < 4.78 is 16.5. The fourth-order valence-electron chi connectivity index (χ4n) is 6.99. The van der Waals surface area contributed by atoms with Crippen molar-refractivity contribution in [2.75, 3.05) is 13.2 Å². The molecule has 0 radical (unpaired) electrons. The van der Waals surface area contributed by atoms with Gasteiger partial charge in [0.2, 0.25) is 0 Å². The number of rotatable bonds is 6. The molecule has 2 aromatic heterocycles. The van der Waals surface area contributed by atoms with Gasteiger partial charge in [0.1, 0.15) is 5.75 Å². The monoisotopic (exact) mass is 585 g/mol. The lowest BCUT2D eigenvalue weighted by Gasteiger charge is -2.37. The number of fused-ring (bicyclic) bond motifs is 4. The van der Waals surface area contributed by atoms with Crippen LogP contribution in [0.4, 0.5) is 0 Å². The molecule has 7 nitrogen and oxygen atoms in total. The first-order valence-electron chi connectivity index (χ1n) is 14.8. The second-order valence-electron chi connectivity index (χ2n) is 11.7. The summed E-state index contributed by atoms with van der Waals surface area (Å²) in [4.78, 5) is 0. The van der Waals surface area contributed by atoms with E-state index < -0.39 is 6.29 Å². The highest BCUT2D eigenvalue weighted by atomic mass is 35.5. The first-order chi connectivity index (χ1) is 20.4. The molecule has 0 bridgehead atoms. The Balaban J connectivity index is 1.32. The highest BCUT2D eigenvalue weighted by Gasteiger charge is 2.35. The SMILES string of the molecule is Cc1c2c(nn1C)COCC1CCC1Cn1c(C(O)O)c(CCCOc3cccc4ccccc34)c3ccc(Cl)c-2c31. The van der Waals surface area contributed by atoms with Gasteiger partial charge in [-0.25, -0.2) is 0 Å². The highest BCUT2D eigenvalue weighted by Crippen LogP contribution is 2.46. The molecule has 2 atom stereocenters. The van der Waals surface area contributed by atoms with Gasteiger partial charge in [-0.3, -0.25) is 4.68 Å². The van der Waals surface area contributed by atoms with E-state index in [2.05, 4.69) is 22.8 Å². The average Bonchev–Trinajstić information content (AvgIpc) is 3.43. The molecule has 7 rings (SSSR count). The number of halogens is 1. The van der Waals surface area contributed by atoms with E-state index in [0.29, 0.717) is 55.3 Å².